The lowest BCUT2D eigenvalue weighted by molar-refractivity contribution is 0.616. The van der Waals surface area contributed by atoms with Gasteiger partial charge < -0.3 is 4.57 Å². The Labute approximate surface area is 119 Å². The lowest BCUT2D eigenvalue weighted by Crippen LogP contribution is -2.07. The molecular weight excluding hydrogens is 258 g/mol. The molecule has 19 heavy (non-hydrogen) atoms. The van der Waals surface area contributed by atoms with Gasteiger partial charge >= 0.3 is 0 Å². The molecule has 1 aromatic carbocycles. The van der Waals surface area contributed by atoms with Crippen molar-refractivity contribution in [3.63, 3.8) is 0 Å². The molecule has 3 nitrogen and oxygen atoms in total. The Hall–Kier alpha value is -1.35. The van der Waals surface area contributed by atoms with Crippen LogP contribution in [0.4, 0.5) is 0 Å². The first kappa shape index (κ1) is 14.1. The van der Waals surface area contributed by atoms with E-state index in [0.29, 0.717) is 5.88 Å². The predicted molar refractivity (Wildman–Crippen MR) is 78.5 cm³/mol. The number of benzene rings is 1. The molecule has 0 radical (unpaired) electrons. The van der Waals surface area contributed by atoms with E-state index < -0.39 is 0 Å². The van der Waals surface area contributed by atoms with Gasteiger partial charge in [0.1, 0.15) is 11.6 Å². The van der Waals surface area contributed by atoms with E-state index in [1.807, 2.05) is 0 Å². The molecule has 0 unspecified atom stereocenters. The molecule has 102 valence electrons. The van der Waals surface area contributed by atoms with E-state index in [9.17, 15) is 0 Å². The molecule has 0 aliphatic heterocycles. The molecule has 0 atom stereocenters. The molecule has 0 aliphatic rings. The van der Waals surface area contributed by atoms with Gasteiger partial charge in [-0.05, 0) is 25.3 Å². The Kier molecular flexibility index (Phi) is 4.97. The monoisotopic (exact) mass is 277 g/mol. The number of hydrogen-bond donors (Lipinski definition) is 0. The van der Waals surface area contributed by atoms with Crippen LogP contribution >= 0.6 is 11.6 Å². The van der Waals surface area contributed by atoms with Crippen LogP contribution in [0, 0.1) is 6.92 Å². The second kappa shape index (κ2) is 6.71. The first-order valence-electron chi connectivity index (χ1n) is 6.77. The van der Waals surface area contributed by atoms with Crippen LogP contribution in [0.3, 0.4) is 0 Å². The molecule has 0 bridgehead atoms. The highest BCUT2D eigenvalue weighted by Gasteiger charge is 2.10. The van der Waals surface area contributed by atoms with Crippen LogP contribution in [0.25, 0.3) is 0 Å². The van der Waals surface area contributed by atoms with Crippen molar-refractivity contribution in [2.24, 2.45) is 0 Å². The quantitative estimate of drug-likeness (QED) is 0.757. The Balaban J connectivity index is 2.06. The fraction of sp³-hybridized carbons (Fsp3) is 0.467. The minimum Gasteiger partial charge on any atom is -0.314 e. The first-order chi connectivity index (χ1) is 9.24. The molecule has 2 rings (SSSR count). The fourth-order valence-electron chi connectivity index (χ4n) is 2.15. The van der Waals surface area contributed by atoms with Gasteiger partial charge in [-0.15, -0.1) is 21.8 Å². The summed E-state index contributed by atoms with van der Waals surface area (Å²) in [7, 11) is 0. The van der Waals surface area contributed by atoms with Crippen LogP contribution in [0.5, 0.6) is 0 Å². The largest absolute Gasteiger partial charge is 0.314 e. The van der Waals surface area contributed by atoms with Crippen LogP contribution in [0.1, 0.15) is 36.1 Å². The molecular formula is C15H20ClN3. The molecule has 0 aliphatic carbocycles. The summed E-state index contributed by atoms with van der Waals surface area (Å²) in [4.78, 5) is 0. The standard InChI is InChI=1S/C15H20ClN3/c1-3-10-19-14(17-18-15(19)11-16)9-8-13-6-4-12(2)5-7-13/h4-7H,3,8-11H2,1-2H3. The Morgan fingerprint density at radius 3 is 2.37 bits per heavy atom. The summed E-state index contributed by atoms with van der Waals surface area (Å²) < 4.78 is 2.15. The van der Waals surface area contributed by atoms with E-state index in [4.69, 9.17) is 11.6 Å². The van der Waals surface area contributed by atoms with Gasteiger partial charge in [-0.25, -0.2) is 0 Å². The van der Waals surface area contributed by atoms with E-state index in [1.165, 1.54) is 11.1 Å². The highest BCUT2D eigenvalue weighted by molar-refractivity contribution is 6.16. The Bertz CT molecular complexity index is 517. The summed E-state index contributed by atoms with van der Waals surface area (Å²) in [5.41, 5.74) is 2.63. The van der Waals surface area contributed by atoms with Crippen LogP contribution in [-0.2, 0) is 25.3 Å². The summed E-state index contributed by atoms with van der Waals surface area (Å²) in [6.45, 7) is 5.20. The summed E-state index contributed by atoms with van der Waals surface area (Å²) in [6.07, 6.45) is 2.97. The van der Waals surface area contributed by atoms with E-state index in [0.717, 1.165) is 37.5 Å². The number of hydrogen-bond acceptors (Lipinski definition) is 2. The van der Waals surface area contributed by atoms with Crippen molar-refractivity contribution in [1.82, 2.24) is 14.8 Å². The Morgan fingerprint density at radius 2 is 1.74 bits per heavy atom. The number of aryl methyl sites for hydroxylation is 3. The normalized spacial score (nSPS) is 10.9. The van der Waals surface area contributed by atoms with Crippen molar-refractivity contribution in [3.8, 4) is 0 Å². The number of rotatable bonds is 6. The Morgan fingerprint density at radius 1 is 1.05 bits per heavy atom. The minimum absolute atomic E-state index is 0.428. The summed E-state index contributed by atoms with van der Waals surface area (Å²) in [5.74, 6) is 2.35. The van der Waals surface area contributed by atoms with Gasteiger partial charge in [0.25, 0.3) is 0 Å². The SMILES string of the molecule is CCCn1c(CCl)nnc1CCc1ccc(C)cc1. The summed E-state index contributed by atoms with van der Waals surface area (Å²) in [6, 6.07) is 8.66. The molecule has 0 amide bonds. The van der Waals surface area contributed by atoms with Crippen molar-refractivity contribution >= 4 is 11.6 Å². The zero-order valence-electron chi connectivity index (χ0n) is 11.6. The van der Waals surface area contributed by atoms with Crippen molar-refractivity contribution in [2.75, 3.05) is 0 Å². The molecule has 0 spiro atoms. The van der Waals surface area contributed by atoms with E-state index in [1.54, 1.807) is 0 Å². The molecule has 2 aromatic rings. The third kappa shape index (κ3) is 3.57. The predicted octanol–water partition coefficient (Wildman–Crippen LogP) is 3.52. The van der Waals surface area contributed by atoms with Gasteiger partial charge in [0.15, 0.2) is 0 Å². The van der Waals surface area contributed by atoms with Crippen molar-refractivity contribution in [1.29, 1.82) is 0 Å². The van der Waals surface area contributed by atoms with Crippen LogP contribution in [0.15, 0.2) is 24.3 Å². The smallest absolute Gasteiger partial charge is 0.147 e. The number of nitrogens with zero attached hydrogens (tertiary/aromatic N) is 3. The molecule has 4 heteroatoms. The first-order valence-corrected chi connectivity index (χ1v) is 7.30. The molecule has 1 aromatic heterocycles. The van der Waals surface area contributed by atoms with E-state index in [-0.39, 0.29) is 0 Å². The maximum atomic E-state index is 5.89. The second-order valence-electron chi connectivity index (χ2n) is 4.80. The van der Waals surface area contributed by atoms with Crippen LogP contribution in [-0.4, -0.2) is 14.8 Å². The fourth-order valence-corrected chi connectivity index (χ4v) is 2.35. The molecule has 0 saturated carbocycles. The van der Waals surface area contributed by atoms with E-state index in [2.05, 4.69) is 52.9 Å². The van der Waals surface area contributed by atoms with Gasteiger partial charge in [0.05, 0.1) is 5.88 Å². The second-order valence-corrected chi connectivity index (χ2v) is 5.07. The van der Waals surface area contributed by atoms with Gasteiger partial charge in [-0.3, -0.25) is 0 Å². The van der Waals surface area contributed by atoms with Crippen LogP contribution in [0.2, 0.25) is 0 Å². The molecule has 0 fully saturated rings. The van der Waals surface area contributed by atoms with Crippen molar-refractivity contribution < 1.29 is 0 Å². The zero-order valence-corrected chi connectivity index (χ0v) is 12.3. The lowest BCUT2D eigenvalue weighted by atomic mass is 10.1. The summed E-state index contributed by atoms with van der Waals surface area (Å²) >= 11 is 5.89. The molecule has 1 heterocycles. The van der Waals surface area contributed by atoms with Gasteiger partial charge in [-0.2, -0.15) is 0 Å². The maximum Gasteiger partial charge on any atom is 0.147 e. The maximum absolute atomic E-state index is 5.89. The number of aromatic nitrogens is 3. The minimum atomic E-state index is 0.428. The average molecular weight is 278 g/mol. The third-order valence-electron chi connectivity index (χ3n) is 3.23. The summed E-state index contributed by atoms with van der Waals surface area (Å²) in [5, 5.41) is 8.43. The lowest BCUT2D eigenvalue weighted by Gasteiger charge is -2.07. The van der Waals surface area contributed by atoms with Gasteiger partial charge in [-0.1, -0.05) is 36.8 Å². The van der Waals surface area contributed by atoms with Crippen LogP contribution < -0.4 is 0 Å². The van der Waals surface area contributed by atoms with Crippen molar-refractivity contribution in [3.05, 3.63) is 47.0 Å². The average Bonchev–Trinajstić information content (AvgIpc) is 2.81. The highest BCUT2D eigenvalue weighted by Crippen LogP contribution is 2.11. The highest BCUT2D eigenvalue weighted by atomic mass is 35.5. The third-order valence-corrected chi connectivity index (χ3v) is 3.47. The number of alkyl halides is 1. The van der Waals surface area contributed by atoms with E-state index >= 15 is 0 Å². The van der Waals surface area contributed by atoms with Crippen molar-refractivity contribution in [2.45, 2.75) is 45.5 Å². The zero-order chi connectivity index (χ0) is 13.7. The topological polar surface area (TPSA) is 30.7 Å². The number of halogens is 1. The van der Waals surface area contributed by atoms with Gasteiger partial charge in [0.2, 0.25) is 0 Å². The molecule has 0 N–H and O–H groups in total. The van der Waals surface area contributed by atoms with Gasteiger partial charge in [0, 0.05) is 13.0 Å². The molecule has 0 saturated heterocycles.